The van der Waals surface area contributed by atoms with E-state index in [0.29, 0.717) is 6.42 Å². The molecule has 0 fully saturated rings. The second kappa shape index (κ2) is 4.44. The van der Waals surface area contributed by atoms with Gasteiger partial charge in [-0.05, 0) is 0 Å². The SMILES string of the molecule is NC(=O)CC[C@H](N)C(=O)[Se]. The first-order valence-corrected chi connectivity index (χ1v) is 3.64. The molecule has 1 amide bonds. The van der Waals surface area contributed by atoms with Gasteiger partial charge in [-0.2, -0.15) is 0 Å². The molecule has 0 rings (SSSR count). The molecule has 0 heterocycles. The standard InChI is InChI=1S/C5H9N2O2Se/c6-3(5(9)10)1-2-4(7)8/h3H,1-2,6H2,(H2,7,8)/t3-/m0/s1. The second-order valence-electron chi connectivity index (χ2n) is 1.93. The fourth-order valence-corrected chi connectivity index (χ4v) is 0.663. The molecule has 0 aliphatic rings. The summed E-state index contributed by atoms with van der Waals surface area (Å²) in [6, 6.07) is -0.590. The molecular weight excluding hydrogens is 199 g/mol. The Morgan fingerprint density at radius 1 is 1.50 bits per heavy atom. The van der Waals surface area contributed by atoms with E-state index < -0.39 is 11.9 Å². The van der Waals surface area contributed by atoms with Gasteiger partial charge in [0.1, 0.15) is 0 Å². The van der Waals surface area contributed by atoms with Crippen molar-refractivity contribution < 1.29 is 9.59 Å². The van der Waals surface area contributed by atoms with Crippen molar-refractivity contribution in [2.24, 2.45) is 11.5 Å². The van der Waals surface area contributed by atoms with Crippen molar-refractivity contribution in [2.45, 2.75) is 18.9 Å². The molecule has 0 aliphatic heterocycles. The quantitative estimate of drug-likeness (QED) is 0.538. The topological polar surface area (TPSA) is 86.2 Å². The van der Waals surface area contributed by atoms with E-state index in [2.05, 4.69) is 16.0 Å². The Kier molecular flexibility index (Phi) is 4.27. The third-order valence-electron chi connectivity index (χ3n) is 1.00. The maximum atomic E-state index is 10.4. The molecule has 0 spiro atoms. The van der Waals surface area contributed by atoms with Crippen LogP contribution < -0.4 is 11.5 Å². The van der Waals surface area contributed by atoms with Gasteiger partial charge in [-0.3, -0.25) is 0 Å². The number of hydrogen-bond acceptors (Lipinski definition) is 3. The van der Waals surface area contributed by atoms with Crippen LogP contribution in [-0.2, 0) is 9.59 Å². The number of nitrogens with two attached hydrogens (primary N) is 2. The second-order valence-corrected chi connectivity index (χ2v) is 2.77. The van der Waals surface area contributed by atoms with E-state index in [9.17, 15) is 9.59 Å². The average molecular weight is 208 g/mol. The summed E-state index contributed by atoms with van der Waals surface area (Å²) in [4.78, 5) is 20.6. The van der Waals surface area contributed by atoms with E-state index in [1.54, 1.807) is 0 Å². The van der Waals surface area contributed by atoms with Crippen LogP contribution >= 0.6 is 0 Å². The fraction of sp³-hybridized carbons (Fsp3) is 0.600. The first-order valence-electron chi connectivity index (χ1n) is 2.78. The van der Waals surface area contributed by atoms with Gasteiger partial charge in [0.05, 0.1) is 0 Å². The van der Waals surface area contributed by atoms with Gasteiger partial charge in [0.2, 0.25) is 0 Å². The molecule has 5 heteroatoms. The molecule has 0 bridgehead atoms. The first kappa shape index (κ1) is 9.62. The van der Waals surface area contributed by atoms with E-state index in [1.807, 2.05) is 0 Å². The van der Waals surface area contributed by atoms with E-state index in [4.69, 9.17) is 11.5 Å². The van der Waals surface area contributed by atoms with Gasteiger partial charge in [-0.25, -0.2) is 0 Å². The van der Waals surface area contributed by atoms with Gasteiger partial charge in [0.25, 0.3) is 0 Å². The Balaban J connectivity index is 3.49. The molecule has 0 aromatic carbocycles. The number of carbonyl (C=O) groups excluding carboxylic acids is 2. The Bertz CT molecular complexity index is 149. The van der Waals surface area contributed by atoms with Crippen molar-refractivity contribution in [3.8, 4) is 0 Å². The molecule has 0 aromatic heterocycles. The van der Waals surface area contributed by atoms with Crippen LogP contribution in [0.5, 0.6) is 0 Å². The Morgan fingerprint density at radius 2 is 2.00 bits per heavy atom. The molecule has 4 nitrogen and oxygen atoms in total. The van der Waals surface area contributed by atoms with Gasteiger partial charge in [0, 0.05) is 0 Å². The van der Waals surface area contributed by atoms with Crippen molar-refractivity contribution in [3.63, 3.8) is 0 Å². The van der Waals surface area contributed by atoms with E-state index >= 15 is 0 Å². The summed E-state index contributed by atoms with van der Waals surface area (Å²) in [6.45, 7) is 0. The monoisotopic (exact) mass is 209 g/mol. The van der Waals surface area contributed by atoms with E-state index in [0.717, 1.165) is 0 Å². The summed E-state index contributed by atoms with van der Waals surface area (Å²) in [7, 11) is 0. The van der Waals surface area contributed by atoms with Crippen LogP contribution in [0.1, 0.15) is 12.8 Å². The zero-order valence-corrected chi connectivity index (χ0v) is 7.08. The molecule has 0 saturated heterocycles. The molecule has 4 N–H and O–H groups in total. The summed E-state index contributed by atoms with van der Waals surface area (Å²) >= 11 is 2.25. The zero-order chi connectivity index (χ0) is 8.15. The van der Waals surface area contributed by atoms with Crippen LogP contribution in [0.25, 0.3) is 0 Å². The van der Waals surface area contributed by atoms with Gasteiger partial charge < -0.3 is 0 Å². The third-order valence-corrected chi connectivity index (χ3v) is 1.64. The summed E-state index contributed by atoms with van der Waals surface area (Å²) in [5.41, 5.74) is 10.1. The molecule has 1 radical (unpaired) electrons. The number of hydrogen-bond donors (Lipinski definition) is 2. The normalized spacial score (nSPS) is 12.5. The molecule has 0 aliphatic carbocycles. The van der Waals surface area contributed by atoms with Crippen LogP contribution in [0.15, 0.2) is 0 Å². The Labute approximate surface area is 67.1 Å². The number of amides is 1. The van der Waals surface area contributed by atoms with Crippen molar-refractivity contribution in [3.05, 3.63) is 0 Å². The minimum absolute atomic E-state index is 0.161. The number of primary amides is 1. The van der Waals surface area contributed by atoms with Crippen LogP contribution in [0.3, 0.4) is 0 Å². The number of carbonyl (C=O) groups is 2. The molecule has 0 saturated carbocycles. The molecule has 10 heavy (non-hydrogen) atoms. The predicted octanol–water partition coefficient (Wildman–Crippen LogP) is -1.73. The predicted molar refractivity (Wildman–Crippen MR) is 37.2 cm³/mol. The van der Waals surface area contributed by atoms with Crippen LogP contribution in [0.2, 0.25) is 0 Å². The summed E-state index contributed by atoms with van der Waals surface area (Å²) in [5, 5.41) is 0. The molecule has 0 unspecified atom stereocenters. The molecule has 0 aromatic rings. The third kappa shape index (κ3) is 4.49. The first-order chi connectivity index (χ1) is 4.54. The van der Waals surface area contributed by atoms with Crippen molar-refractivity contribution in [2.75, 3.05) is 0 Å². The Hall–Kier alpha value is -0.381. The molecular formula is C5H9N2O2Se. The molecule has 1 atom stereocenters. The summed E-state index contributed by atoms with van der Waals surface area (Å²) in [6.07, 6.45) is 0.482. The van der Waals surface area contributed by atoms with Gasteiger partial charge in [0.15, 0.2) is 0 Å². The fourth-order valence-electron chi connectivity index (χ4n) is 0.416. The van der Waals surface area contributed by atoms with Gasteiger partial charge in [-0.1, -0.05) is 0 Å². The Morgan fingerprint density at radius 3 is 2.30 bits per heavy atom. The van der Waals surface area contributed by atoms with Crippen LogP contribution in [0.4, 0.5) is 0 Å². The van der Waals surface area contributed by atoms with Crippen molar-refractivity contribution in [1.29, 1.82) is 0 Å². The van der Waals surface area contributed by atoms with E-state index in [1.165, 1.54) is 0 Å². The minimum atomic E-state index is -0.590. The number of rotatable bonds is 4. The summed E-state index contributed by atoms with van der Waals surface area (Å²) < 4.78 is -0.235. The van der Waals surface area contributed by atoms with Gasteiger partial charge in [-0.15, -0.1) is 0 Å². The molecule has 57 valence electrons. The van der Waals surface area contributed by atoms with Crippen molar-refractivity contribution >= 4 is 26.6 Å². The van der Waals surface area contributed by atoms with Crippen LogP contribution in [0, 0.1) is 0 Å². The zero-order valence-electron chi connectivity index (χ0n) is 5.37. The van der Waals surface area contributed by atoms with Crippen molar-refractivity contribution in [1.82, 2.24) is 0 Å². The van der Waals surface area contributed by atoms with Gasteiger partial charge >= 0.3 is 66.5 Å². The average Bonchev–Trinajstić information content (AvgIpc) is 1.82. The van der Waals surface area contributed by atoms with E-state index in [-0.39, 0.29) is 11.1 Å². The summed E-state index contributed by atoms with van der Waals surface area (Å²) in [5.74, 6) is -0.434. The van der Waals surface area contributed by atoms with Crippen LogP contribution in [-0.4, -0.2) is 32.6 Å². The maximum absolute atomic E-state index is 10.4.